The van der Waals surface area contributed by atoms with E-state index in [1.165, 1.54) is 19.3 Å². The molecule has 3 aromatic rings. The lowest BCUT2D eigenvalue weighted by Crippen LogP contribution is -2.45. The molecule has 0 aliphatic heterocycles. The Morgan fingerprint density at radius 3 is 2.50 bits per heavy atom. The maximum atomic E-state index is 13.5. The molecule has 8 heteroatoms. The number of nitrogens with zero attached hydrogens (tertiary/aromatic N) is 4. The van der Waals surface area contributed by atoms with Gasteiger partial charge in [0.05, 0.1) is 6.57 Å². The van der Waals surface area contributed by atoms with Gasteiger partial charge in [-0.1, -0.05) is 43.5 Å². The highest BCUT2D eigenvalue weighted by Crippen LogP contribution is 2.30. The van der Waals surface area contributed by atoms with Crippen LogP contribution in [0.3, 0.4) is 0 Å². The van der Waals surface area contributed by atoms with E-state index in [1.807, 2.05) is 47.3 Å². The fourth-order valence-corrected chi connectivity index (χ4v) is 4.78. The maximum absolute atomic E-state index is 13.5. The summed E-state index contributed by atoms with van der Waals surface area (Å²) >= 11 is 0. The molecule has 0 spiro atoms. The zero-order chi connectivity index (χ0) is 24.7. The van der Waals surface area contributed by atoms with Crippen molar-refractivity contribution >= 4 is 23.4 Å². The van der Waals surface area contributed by atoms with Crippen LogP contribution in [-0.2, 0) is 11.3 Å². The van der Waals surface area contributed by atoms with Gasteiger partial charge in [-0.2, -0.15) is 9.97 Å². The molecule has 1 amide bonds. The molecule has 2 aliphatic carbocycles. The van der Waals surface area contributed by atoms with Crippen molar-refractivity contribution in [1.29, 1.82) is 0 Å². The highest BCUT2D eigenvalue weighted by atomic mass is 16.2. The van der Waals surface area contributed by atoms with Crippen LogP contribution in [0, 0.1) is 18.4 Å². The van der Waals surface area contributed by atoms with Crippen LogP contribution in [0.1, 0.15) is 50.5 Å². The molecule has 0 unspecified atom stereocenters. The Morgan fingerprint density at radius 1 is 1.06 bits per heavy atom. The van der Waals surface area contributed by atoms with E-state index in [0.29, 0.717) is 29.9 Å². The van der Waals surface area contributed by atoms with Gasteiger partial charge in [-0.3, -0.25) is 4.79 Å². The number of rotatable bonds is 10. The molecule has 0 radical (unpaired) electrons. The van der Waals surface area contributed by atoms with Gasteiger partial charge < -0.3 is 20.5 Å². The Balaban J connectivity index is 1.35. The van der Waals surface area contributed by atoms with Crippen LogP contribution in [0.4, 0.5) is 17.5 Å². The lowest BCUT2D eigenvalue weighted by Gasteiger charge is -2.30. The fraction of sp³-hybridized carbons (Fsp3) is 0.429. The molecule has 2 fully saturated rings. The Morgan fingerprint density at radius 2 is 1.81 bits per heavy atom. The summed E-state index contributed by atoms with van der Waals surface area (Å²) in [6, 6.07) is 12.8. The summed E-state index contributed by atoms with van der Waals surface area (Å²) in [4.78, 5) is 26.4. The van der Waals surface area contributed by atoms with Crippen molar-refractivity contribution in [2.24, 2.45) is 11.8 Å². The number of carbonyl (C=O) groups excluding carboxylic acids is 1. The van der Waals surface area contributed by atoms with Crippen LogP contribution in [0.25, 0.3) is 10.7 Å². The minimum absolute atomic E-state index is 0.0234. The second-order valence-corrected chi connectivity index (χ2v) is 9.87. The molecule has 0 saturated heterocycles. The number of carbonyl (C=O) groups is 1. The minimum Gasteiger partial charge on any atom is -0.358 e. The van der Waals surface area contributed by atoms with Gasteiger partial charge in [0.1, 0.15) is 17.7 Å². The predicted octanol–water partition coefficient (Wildman–Crippen LogP) is 5.32. The number of amides is 1. The molecular weight excluding hydrogens is 450 g/mol. The second kappa shape index (κ2) is 11.3. The molecule has 36 heavy (non-hydrogen) atoms. The van der Waals surface area contributed by atoms with Crippen molar-refractivity contribution in [2.75, 3.05) is 17.2 Å². The zero-order valence-corrected chi connectivity index (χ0v) is 20.5. The Kier molecular flexibility index (Phi) is 7.46. The monoisotopic (exact) mass is 483 g/mol. The van der Waals surface area contributed by atoms with Crippen LogP contribution in [-0.4, -0.2) is 33.0 Å². The third kappa shape index (κ3) is 6.22. The molecule has 0 bridgehead atoms. The molecule has 8 nitrogen and oxygen atoms in total. The summed E-state index contributed by atoms with van der Waals surface area (Å²) in [5.74, 6) is 2.92. The average molecular weight is 484 g/mol. The minimum atomic E-state index is -0.378. The standard InChI is InChI=1S/C28H33N7O/c1-29-23-13-11-21(12-14-23)18-30-27(36)26(22-7-3-2-4-8-22)32-24-17-25(35-15-5-6-16-35)34-28(33-24)31-19-20-9-10-20/h5-6,11-17,20,22,26H,2-4,7-10,18-19H2,(H,30,36)(H2,31,32,33,34)/t26-/m1/s1. The first kappa shape index (κ1) is 23.9. The van der Waals surface area contributed by atoms with E-state index >= 15 is 0 Å². The van der Waals surface area contributed by atoms with Crippen LogP contribution >= 0.6 is 0 Å². The normalized spacial score (nSPS) is 16.6. The highest BCUT2D eigenvalue weighted by molar-refractivity contribution is 5.84. The largest absolute Gasteiger partial charge is 0.358 e. The summed E-state index contributed by atoms with van der Waals surface area (Å²) in [7, 11) is 0. The summed E-state index contributed by atoms with van der Waals surface area (Å²) < 4.78 is 1.96. The lowest BCUT2D eigenvalue weighted by molar-refractivity contribution is -0.123. The molecule has 3 N–H and O–H groups in total. The third-order valence-electron chi connectivity index (χ3n) is 7.07. The van der Waals surface area contributed by atoms with Gasteiger partial charge in [0.25, 0.3) is 0 Å². The molecule has 2 aromatic heterocycles. The molecule has 2 saturated carbocycles. The number of anilines is 2. The molecule has 2 aliphatic rings. The molecule has 186 valence electrons. The first-order chi connectivity index (χ1) is 17.7. The van der Waals surface area contributed by atoms with Gasteiger partial charge in [-0.25, -0.2) is 4.85 Å². The van der Waals surface area contributed by atoms with Gasteiger partial charge in [-0.15, -0.1) is 0 Å². The molecule has 1 atom stereocenters. The van der Waals surface area contributed by atoms with Gasteiger partial charge >= 0.3 is 0 Å². The smallest absolute Gasteiger partial charge is 0.243 e. The van der Waals surface area contributed by atoms with Gasteiger partial charge in [0.15, 0.2) is 5.69 Å². The molecular formula is C28H33N7O. The van der Waals surface area contributed by atoms with E-state index in [2.05, 4.69) is 20.8 Å². The Hall–Kier alpha value is -3.86. The second-order valence-electron chi connectivity index (χ2n) is 9.87. The van der Waals surface area contributed by atoms with Gasteiger partial charge in [0.2, 0.25) is 11.9 Å². The van der Waals surface area contributed by atoms with E-state index < -0.39 is 0 Å². The number of benzene rings is 1. The van der Waals surface area contributed by atoms with Crippen LogP contribution < -0.4 is 16.0 Å². The van der Waals surface area contributed by atoms with E-state index in [-0.39, 0.29) is 17.9 Å². The number of hydrogen-bond donors (Lipinski definition) is 3. The predicted molar refractivity (Wildman–Crippen MR) is 141 cm³/mol. The Labute approximate surface area is 212 Å². The number of aromatic nitrogens is 3. The van der Waals surface area contributed by atoms with E-state index in [1.54, 1.807) is 12.1 Å². The number of nitrogens with one attached hydrogen (secondary N) is 3. The maximum Gasteiger partial charge on any atom is 0.243 e. The van der Waals surface area contributed by atoms with Crippen LogP contribution in [0.15, 0.2) is 54.9 Å². The molecule has 1 aromatic carbocycles. The van der Waals surface area contributed by atoms with Gasteiger partial charge in [0, 0.05) is 31.5 Å². The summed E-state index contributed by atoms with van der Waals surface area (Å²) in [5, 5.41) is 10.00. The lowest BCUT2D eigenvalue weighted by atomic mass is 9.83. The van der Waals surface area contributed by atoms with E-state index in [0.717, 1.165) is 43.6 Å². The van der Waals surface area contributed by atoms with Crippen molar-refractivity contribution in [3.05, 3.63) is 71.8 Å². The van der Waals surface area contributed by atoms with E-state index in [4.69, 9.17) is 16.5 Å². The molecule has 2 heterocycles. The van der Waals surface area contributed by atoms with Crippen LogP contribution in [0.5, 0.6) is 0 Å². The first-order valence-corrected chi connectivity index (χ1v) is 12.9. The first-order valence-electron chi connectivity index (χ1n) is 12.9. The van der Waals surface area contributed by atoms with Crippen LogP contribution in [0.2, 0.25) is 0 Å². The molecule has 5 rings (SSSR count). The van der Waals surface area contributed by atoms with Crippen molar-refractivity contribution < 1.29 is 4.79 Å². The number of hydrogen-bond acceptors (Lipinski definition) is 5. The summed E-state index contributed by atoms with van der Waals surface area (Å²) in [5.41, 5.74) is 1.57. The fourth-order valence-electron chi connectivity index (χ4n) is 4.78. The van der Waals surface area contributed by atoms with Crippen molar-refractivity contribution in [1.82, 2.24) is 19.9 Å². The third-order valence-corrected chi connectivity index (χ3v) is 7.07. The van der Waals surface area contributed by atoms with Gasteiger partial charge in [-0.05, 0) is 55.2 Å². The zero-order valence-electron chi connectivity index (χ0n) is 20.5. The van der Waals surface area contributed by atoms with E-state index in [9.17, 15) is 4.79 Å². The highest BCUT2D eigenvalue weighted by Gasteiger charge is 2.30. The quantitative estimate of drug-likeness (QED) is 0.340. The topological polar surface area (TPSA) is 88.2 Å². The SMILES string of the molecule is [C-]#[N+]c1ccc(CNC(=O)[C@H](Nc2cc(-n3cccc3)nc(NCC3CC3)n2)C2CCCCC2)cc1. The average Bonchev–Trinajstić information content (AvgIpc) is 3.60. The summed E-state index contributed by atoms with van der Waals surface area (Å²) in [6.07, 6.45) is 12.0. The van der Waals surface area contributed by atoms with Crippen molar-refractivity contribution in [3.8, 4) is 5.82 Å². The Bertz CT molecular complexity index is 1190. The van der Waals surface area contributed by atoms with Crippen molar-refractivity contribution in [2.45, 2.75) is 57.5 Å². The van der Waals surface area contributed by atoms with Crippen molar-refractivity contribution in [3.63, 3.8) is 0 Å². The summed E-state index contributed by atoms with van der Waals surface area (Å²) in [6.45, 7) is 8.41.